The van der Waals surface area contributed by atoms with Crippen LogP contribution in [0.25, 0.3) is 0 Å². The Balaban J connectivity index is 2.78. The van der Waals surface area contributed by atoms with Crippen LogP contribution in [-0.4, -0.2) is 33.8 Å². The fraction of sp³-hybridized carbons (Fsp3) is 0.588. The molecule has 1 N–H and O–H groups in total. The van der Waals surface area contributed by atoms with Crippen molar-refractivity contribution < 1.29 is 19.0 Å². The average Bonchev–Trinajstić information content (AvgIpc) is 2.54. The molecule has 0 fully saturated rings. The van der Waals surface area contributed by atoms with E-state index in [1.807, 2.05) is 19.9 Å². The molecule has 22 heavy (non-hydrogen) atoms. The zero-order valence-electron chi connectivity index (χ0n) is 14.2. The van der Waals surface area contributed by atoms with E-state index in [-0.39, 0.29) is 11.8 Å². The molecule has 0 aliphatic heterocycles. The van der Waals surface area contributed by atoms with Gasteiger partial charge in [-0.05, 0) is 25.3 Å². The molecule has 1 aromatic carbocycles. The number of ether oxygens (including phenoxy) is 3. The van der Waals surface area contributed by atoms with Gasteiger partial charge in [-0.1, -0.05) is 13.8 Å². The van der Waals surface area contributed by atoms with Crippen LogP contribution in [0.2, 0.25) is 0 Å². The van der Waals surface area contributed by atoms with Gasteiger partial charge in [0.2, 0.25) is 5.91 Å². The Kier molecular flexibility index (Phi) is 7.57. The van der Waals surface area contributed by atoms with Crippen LogP contribution in [-0.2, 0) is 11.2 Å². The Bertz CT molecular complexity index is 484. The number of hydrogen-bond acceptors (Lipinski definition) is 4. The van der Waals surface area contributed by atoms with Crippen LogP contribution in [0.5, 0.6) is 17.2 Å². The molecule has 0 bridgehead atoms. The molecule has 0 aromatic heterocycles. The zero-order valence-corrected chi connectivity index (χ0v) is 14.2. The van der Waals surface area contributed by atoms with Crippen LogP contribution in [0, 0.1) is 5.92 Å². The van der Waals surface area contributed by atoms with Gasteiger partial charge < -0.3 is 19.5 Å². The number of hydrogen-bond donors (Lipinski definition) is 1. The van der Waals surface area contributed by atoms with Crippen molar-refractivity contribution in [1.29, 1.82) is 0 Å². The lowest BCUT2D eigenvalue weighted by molar-refractivity contribution is -0.125. The highest BCUT2D eigenvalue weighted by atomic mass is 16.5. The monoisotopic (exact) mass is 309 g/mol. The third-order valence-electron chi connectivity index (χ3n) is 3.81. The normalized spacial score (nSPS) is 10.5. The molecule has 5 heteroatoms. The fourth-order valence-corrected chi connectivity index (χ4v) is 2.44. The molecule has 0 radical (unpaired) electrons. The van der Waals surface area contributed by atoms with Gasteiger partial charge in [-0.15, -0.1) is 0 Å². The van der Waals surface area contributed by atoms with Crippen molar-refractivity contribution in [3.8, 4) is 17.2 Å². The minimum absolute atomic E-state index is 0.0849. The van der Waals surface area contributed by atoms with Gasteiger partial charge in [0.05, 0.1) is 21.3 Å². The largest absolute Gasteiger partial charge is 0.497 e. The van der Waals surface area contributed by atoms with Crippen molar-refractivity contribution in [3.05, 3.63) is 17.7 Å². The van der Waals surface area contributed by atoms with E-state index in [1.54, 1.807) is 27.4 Å². The Morgan fingerprint density at radius 3 is 2.27 bits per heavy atom. The number of benzene rings is 1. The number of carbonyl (C=O) groups excluding carboxylic acids is 1. The summed E-state index contributed by atoms with van der Waals surface area (Å²) in [6.45, 7) is 4.62. The van der Waals surface area contributed by atoms with E-state index in [2.05, 4.69) is 5.32 Å². The minimum Gasteiger partial charge on any atom is -0.497 e. The molecule has 1 amide bonds. The van der Waals surface area contributed by atoms with E-state index in [0.29, 0.717) is 30.2 Å². The summed E-state index contributed by atoms with van der Waals surface area (Å²) in [4.78, 5) is 12.0. The van der Waals surface area contributed by atoms with Crippen LogP contribution in [0.1, 0.15) is 32.3 Å². The number of rotatable bonds is 9. The molecule has 1 aromatic rings. The Labute approximate surface area is 132 Å². The van der Waals surface area contributed by atoms with E-state index in [9.17, 15) is 4.79 Å². The number of carbonyl (C=O) groups is 1. The minimum atomic E-state index is 0.0849. The smallest absolute Gasteiger partial charge is 0.223 e. The first kappa shape index (κ1) is 18.1. The van der Waals surface area contributed by atoms with E-state index >= 15 is 0 Å². The predicted octanol–water partition coefficient (Wildman–Crippen LogP) is 2.81. The summed E-state index contributed by atoms with van der Waals surface area (Å²) >= 11 is 0. The maximum absolute atomic E-state index is 12.0. The summed E-state index contributed by atoms with van der Waals surface area (Å²) in [6, 6.07) is 3.69. The number of nitrogens with one attached hydrogen (secondary N) is 1. The first-order valence-electron chi connectivity index (χ1n) is 7.67. The van der Waals surface area contributed by atoms with Gasteiger partial charge in [-0.25, -0.2) is 0 Å². The molecular formula is C17H27NO4. The van der Waals surface area contributed by atoms with Crippen LogP contribution >= 0.6 is 0 Å². The number of amides is 1. The summed E-state index contributed by atoms with van der Waals surface area (Å²) in [5.41, 5.74) is 0.948. The lowest BCUT2D eigenvalue weighted by Gasteiger charge is -2.16. The van der Waals surface area contributed by atoms with Gasteiger partial charge in [-0.3, -0.25) is 4.79 Å². The van der Waals surface area contributed by atoms with Crippen molar-refractivity contribution in [2.75, 3.05) is 27.9 Å². The van der Waals surface area contributed by atoms with Crippen molar-refractivity contribution in [1.82, 2.24) is 5.32 Å². The molecule has 0 aliphatic rings. The average molecular weight is 309 g/mol. The SMILES string of the molecule is CCC(CC)C(=O)NCCc1cc(OC)cc(OC)c1OC. The second-order valence-corrected chi connectivity index (χ2v) is 5.08. The Morgan fingerprint density at radius 2 is 1.77 bits per heavy atom. The second-order valence-electron chi connectivity index (χ2n) is 5.08. The maximum atomic E-state index is 12.0. The maximum Gasteiger partial charge on any atom is 0.223 e. The highest BCUT2D eigenvalue weighted by molar-refractivity contribution is 5.78. The molecule has 0 unspecified atom stereocenters. The first-order valence-corrected chi connectivity index (χ1v) is 7.67. The van der Waals surface area contributed by atoms with Gasteiger partial charge in [-0.2, -0.15) is 0 Å². The summed E-state index contributed by atoms with van der Waals surface area (Å²) in [5.74, 6) is 2.21. The van der Waals surface area contributed by atoms with Gasteiger partial charge in [0.15, 0.2) is 11.5 Å². The Morgan fingerprint density at radius 1 is 1.09 bits per heavy atom. The zero-order chi connectivity index (χ0) is 16.5. The lowest BCUT2D eigenvalue weighted by Crippen LogP contribution is -2.31. The van der Waals surface area contributed by atoms with E-state index in [1.165, 1.54) is 0 Å². The fourth-order valence-electron chi connectivity index (χ4n) is 2.44. The van der Waals surface area contributed by atoms with Crippen LogP contribution < -0.4 is 19.5 Å². The van der Waals surface area contributed by atoms with Gasteiger partial charge in [0.25, 0.3) is 0 Å². The second kappa shape index (κ2) is 9.18. The van der Waals surface area contributed by atoms with E-state index < -0.39 is 0 Å². The third kappa shape index (κ3) is 4.55. The van der Waals surface area contributed by atoms with E-state index in [4.69, 9.17) is 14.2 Å². The van der Waals surface area contributed by atoms with Crippen molar-refractivity contribution in [2.45, 2.75) is 33.1 Å². The predicted molar refractivity (Wildman–Crippen MR) is 86.9 cm³/mol. The van der Waals surface area contributed by atoms with Crippen LogP contribution in [0.3, 0.4) is 0 Å². The molecular weight excluding hydrogens is 282 g/mol. The molecule has 5 nitrogen and oxygen atoms in total. The number of methoxy groups -OCH3 is 3. The molecule has 0 saturated heterocycles. The van der Waals surface area contributed by atoms with Crippen LogP contribution in [0.15, 0.2) is 12.1 Å². The summed E-state index contributed by atoms with van der Waals surface area (Å²) < 4.78 is 16.0. The van der Waals surface area contributed by atoms with Gasteiger partial charge in [0, 0.05) is 24.1 Å². The topological polar surface area (TPSA) is 56.8 Å². The Hall–Kier alpha value is -1.91. The van der Waals surface area contributed by atoms with E-state index in [0.717, 1.165) is 18.4 Å². The standard InChI is InChI=1S/C17H27NO4/c1-6-12(7-2)17(19)18-9-8-13-10-14(20-3)11-15(21-4)16(13)22-5/h10-12H,6-9H2,1-5H3,(H,18,19). The van der Waals surface area contributed by atoms with Crippen molar-refractivity contribution >= 4 is 5.91 Å². The van der Waals surface area contributed by atoms with Crippen LogP contribution in [0.4, 0.5) is 0 Å². The van der Waals surface area contributed by atoms with Gasteiger partial charge >= 0.3 is 0 Å². The summed E-state index contributed by atoms with van der Waals surface area (Å²) in [7, 11) is 4.81. The molecule has 1 rings (SSSR count). The molecule has 124 valence electrons. The molecule has 0 heterocycles. The quantitative estimate of drug-likeness (QED) is 0.762. The van der Waals surface area contributed by atoms with Crippen molar-refractivity contribution in [2.24, 2.45) is 5.92 Å². The highest BCUT2D eigenvalue weighted by Gasteiger charge is 2.15. The molecule has 0 saturated carbocycles. The summed E-state index contributed by atoms with van der Waals surface area (Å²) in [6.07, 6.45) is 2.37. The van der Waals surface area contributed by atoms with Gasteiger partial charge in [0.1, 0.15) is 5.75 Å². The molecule has 0 aliphatic carbocycles. The molecule has 0 atom stereocenters. The lowest BCUT2D eigenvalue weighted by atomic mass is 10.0. The summed E-state index contributed by atoms with van der Waals surface area (Å²) in [5, 5.41) is 2.98. The molecule has 0 spiro atoms. The highest BCUT2D eigenvalue weighted by Crippen LogP contribution is 2.35. The third-order valence-corrected chi connectivity index (χ3v) is 3.81. The van der Waals surface area contributed by atoms with Crippen molar-refractivity contribution in [3.63, 3.8) is 0 Å². The first-order chi connectivity index (χ1) is 10.6.